The van der Waals surface area contributed by atoms with Gasteiger partial charge in [0.15, 0.2) is 6.17 Å². The van der Waals surface area contributed by atoms with Gasteiger partial charge in [0.1, 0.15) is 11.9 Å². The van der Waals surface area contributed by atoms with Crippen LogP contribution in [-0.2, 0) is 6.54 Å². The summed E-state index contributed by atoms with van der Waals surface area (Å²) in [5.41, 5.74) is 2.27. The molecule has 7 nitrogen and oxygen atoms in total. The molecular formula is C23H20ClFN4O3S. The fourth-order valence-corrected chi connectivity index (χ4v) is 5.41. The molecule has 2 N–H and O–H groups in total. The molecule has 0 spiro atoms. The third-order valence-electron chi connectivity index (χ3n) is 5.61. The Morgan fingerprint density at radius 1 is 1.24 bits per heavy atom. The van der Waals surface area contributed by atoms with E-state index >= 15 is 0 Å². The molecule has 1 aliphatic heterocycles. The van der Waals surface area contributed by atoms with Crippen LogP contribution in [0.5, 0.6) is 5.75 Å². The molecule has 5 rings (SSSR count). The summed E-state index contributed by atoms with van der Waals surface area (Å²) in [6, 6.07) is 8.63. The summed E-state index contributed by atoms with van der Waals surface area (Å²) in [5, 5.41) is 3.55. The molecule has 33 heavy (non-hydrogen) atoms. The highest BCUT2D eigenvalue weighted by Crippen LogP contribution is 2.42. The van der Waals surface area contributed by atoms with Crippen molar-refractivity contribution in [3.63, 3.8) is 0 Å². The quantitative estimate of drug-likeness (QED) is 0.450. The van der Waals surface area contributed by atoms with Crippen molar-refractivity contribution < 1.29 is 9.13 Å². The summed E-state index contributed by atoms with van der Waals surface area (Å²) >= 11 is 7.82. The van der Waals surface area contributed by atoms with Crippen molar-refractivity contribution in [3.05, 3.63) is 79.0 Å². The standard InChI is InChI=1S/C23H20ClFN4O3S/c1-12-6-13(24)7-16(21(12)32-19-10-26-9-17(19)25)15-2-4-27-18-8-14(33-22(15)18)11-29-20(30)3-5-28-23(29)31/h2-8,17,19,26H,9-11H2,1H3,(H,28,31)/t17-,19+/m0/s1. The fraction of sp³-hybridized carbons (Fsp3) is 0.261. The first-order valence-corrected chi connectivity index (χ1v) is 11.6. The van der Waals surface area contributed by atoms with Crippen LogP contribution in [0.2, 0.25) is 5.02 Å². The molecule has 1 fully saturated rings. The van der Waals surface area contributed by atoms with Crippen LogP contribution in [0.3, 0.4) is 0 Å². The summed E-state index contributed by atoms with van der Waals surface area (Å²) < 4.78 is 22.4. The lowest BCUT2D eigenvalue weighted by atomic mass is 10.0. The maximum Gasteiger partial charge on any atom is 0.328 e. The minimum absolute atomic E-state index is 0.130. The van der Waals surface area contributed by atoms with Crippen LogP contribution in [0.4, 0.5) is 4.39 Å². The molecule has 4 heterocycles. The number of alkyl halides is 1. The third kappa shape index (κ3) is 4.19. The summed E-state index contributed by atoms with van der Waals surface area (Å²) in [5.74, 6) is 0.578. The molecule has 0 bridgehead atoms. The second-order valence-corrected chi connectivity index (χ2v) is 9.50. The Kier molecular flexibility index (Phi) is 5.77. The van der Waals surface area contributed by atoms with Crippen LogP contribution >= 0.6 is 22.9 Å². The number of hydrogen-bond donors (Lipinski definition) is 2. The number of thiophene rings is 1. The topological polar surface area (TPSA) is 89.0 Å². The number of rotatable bonds is 5. The van der Waals surface area contributed by atoms with Gasteiger partial charge in [0, 0.05) is 52.6 Å². The number of hydrogen-bond acceptors (Lipinski definition) is 6. The van der Waals surface area contributed by atoms with Crippen LogP contribution in [-0.4, -0.2) is 39.9 Å². The number of nitrogens with zero attached hydrogens (tertiary/aromatic N) is 2. The second-order valence-electron chi connectivity index (χ2n) is 7.92. The van der Waals surface area contributed by atoms with E-state index in [-0.39, 0.29) is 18.6 Å². The van der Waals surface area contributed by atoms with E-state index in [0.717, 1.165) is 36.4 Å². The number of pyridine rings is 1. The minimum Gasteiger partial charge on any atom is -0.485 e. The van der Waals surface area contributed by atoms with Gasteiger partial charge in [0.05, 0.1) is 16.8 Å². The maximum absolute atomic E-state index is 14.3. The Morgan fingerprint density at radius 3 is 2.85 bits per heavy atom. The van der Waals surface area contributed by atoms with Crippen molar-refractivity contribution in [2.75, 3.05) is 13.1 Å². The van der Waals surface area contributed by atoms with Gasteiger partial charge in [-0.15, -0.1) is 11.3 Å². The molecule has 1 aliphatic rings. The molecule has 0 saturated carbocycles. The van der Waals surface area contributed by atoms with Gasteiger partial charge >= 0.3 is 5.69 Å². The number of aromatic amines is 1. The molecular weight excluding hydrogens is 467 g/mol. The lowest BCUT2D eigenvalue weighted by Crippen LogP contribution is -2.33. The fourth-order valence-electron chi connectivity index (χ4n) is 4.01. The van der Waals surface area contributed by atoms with Crippen LogP contribution < -0.4 is 21.3 Å². The first-order chi connectivity index (χ1) is 15.9. The molecule has 0 unspecified atom stereocenters. The van der Waals surface area contributed by atoms with Gasteiger partial charge in [-0.2, -0.15) is 0 Å². The van der Waals surface area contributed by atoms with E-state index in [1.54, 1.807) is 18.3 Å². The number of halogens is 2. The zero-order valence-electron chi connectivity index (χ0n) is 17.6. The summed E-state index contributed by atoms with van der Waals surface area (Å²) in [6.07, 6.45) is 1.33. The average molecular weight is 487 g/mol. The summed E-state index contributed by atoms with van der Waals surface area (Å²) in [6.45, 7) is 2.70. The second kappa shape index (κ2) is 8.74. The van der Waals surface area contributed by atoms with Gasteiger partial charge in [-0.25, -0.2) is 9.18 Å². The minimum atomic E-state index is -1.10. The summed E-state index contributed by atoms with van der Waals surface area (Å²) in [7, 11) is 0. The van der Waals surface area contributed by atoms with E-state index in [4.69, 9.17) is 16.3 Å². The van der Waals surface area contributed by atoms with Crippen molar-refractivity contribution in [1.29, 1.82) is 0 Å². The highest BCUT2D eigenvalue weighted by molar-refractivity contribution is 7.19. The van der Waals surface area contributed by atoms with Gasteiger partial charge in [0.25, 0.3) is 5.56 Å². The average Bonchev–Trinajstić information content (AvgIpc) is 3.38. The number of benzene rings is 1. The van der Waals surface area contributed by atoms with E-state index in [1.807, 2.05) is 19.1 Å². The predicted octanol–water partition coefficient (Wildman–Crippen LogP) is 3.51. The number of nitrogens with one attached hydrogen (secondary N) is 2. The Bertz CT molecular complexity index is 1440. The van der Waals surface area contributed by atoms with E-state index in [9.17, 15) is 14.0 Å². The number of H-pyrrole nitrogens is 1. The van der Waals surface area contributed by atoms with Gasteiger partial charge in [-0.3, -0.25) is 14.3 Å². The van der Waals surface area contributed by atoms with Gasteiger partial charge in [-0.1, -0.05) is 11.6 Å². The van der Waals surface area contributed by atoms with Gasteiger partial charge in [-0.05, 0) is 36.8 Å². The first-order valence-electron chi connectivity index (χ1n) is 10.4. The van der Waals surface area contributed by atoms with E-state index < -0.39 is 18.0 Å². The molecule has 170 valence electrons. The van der Waals surface area contributed by atoms with Crippen LogP contribution in [0, 0.1) is 6.92 Å². The van der Waals surface area contributed by atoms with E-state index in [2.05, 4.69) is 15.3 Å². The Hall–Kier alpha value is -3.01. The highest BCUT2D eigenvalue weighted by Gasteiger charge is 2.30. The molecule has 0 radical (unpaired) electrons. The molecule has 0 aliphatic carbocycles. The Balaban J connectivity index is 1.61. The zero-order chi connectivity index (χ0) is 23.1. The van der Waals surface area contributed by atoms with Gasteiger partial charge in [0.2, 0.25) is 0 Å². The lowest BCUT2D eigenvalue weighted by molar-refractivity contribution is 0.140. The van der Waals surface area contributed by atoms with Crippen molar-refractivity contribution in [2.45, 2.75) is 25.7 Å². The smallest absolute Gasteiger partial charge is 0.328 e. The number of aryl methyl sites for hydroxylation is 1. The molecule has 0 amide bonds. The SMILES string of the molecule is Cc1cc(Cl)cc(-c2ccnc3cc(Cn4c(=O)cc[nH]c4=O)sc23)c1O[C@@H]1CNC[C@@H]1F. The van der Waals surface area contributed by atoms with E-state index in [0.29, 0.717) is 17.3 Å². The van der Waals surface area contributed by atoms with Crippen molar-refractivity contribution in [3.8, 4) is 16.9 Å². The van der Waals surface area contributed by atoms with Crippen molar-refractivity contribution >= 4 is 33.2 Å². The Labute approximate surface area is 196 Å². The van der Waals surface area contributed by atoms with E-state index in [1.165, 1.54) is 23.6 Å². The predicted molar refractivity (Wildman–Crippen MR) is 127 cm³/mol. The maximum atomic E-state index is 14.3. The number of fused-ring (bicyclic) bond motifs is 1. The summed E-state index contributed by atoms with van der Waals surface area (Å²) in [4.78, 5) is 32.0. The Morgan fingerprint density at radius 2 is 2.09 bits per heavy atom. The molecule has 4 aromatic rings. The third-order valence-corrected chi connectivity index (χ3v) is 6.97. The van der Waals surface area contributed by atoms with Crippen LogP contribution in [0.15, 0.2) is 52.3 Å². The van der Waals surface area contributed by atoms with Crippen molar-refractivity contribution in [2.24, 2.45) is 0 Å². The molecule has 1 saturated heterocycles. The number of aromatic nitrogens is 3. The normalized spacial score (nSPS) is 18.2. The first kappa shape index (κ1) is 21.8. The largest absolute Gasteiger partial charge is 0.485 e. The molecule has 2 atom stereocenters. The van der Waals surface area contributed by atoms with Crippen LogP contribution in [0.1, 0.15) is 10.4 Å². The molecule has 1 aromatic carbocycles. The molecule has 3 aromatic heterocycles. The lowest BCUT2D eigenvalue weighted by Gasteiger charge is -2.20. The number of ether oxygens (including phenoxy) is 1. The van der Waals surface area contributed by atoms with Crippen molar-refractivity contribution in [1.82, 2.24) is 19.9 Å². The monoisotopic (exact) mass is 486 g/mol. The molecule has 10 heteroatoms. The highest BCUT2D eigenvalue weighted by atomic mass is 35.5. The zero-order valence-corrected chi connectivity index (χ0v) is 19.2. The van der Waals surface area contributed by atoms with Gasteiger partial charge < -0.3 is 15.0 Å². The van der Waals surface area contributed by atoms with Crippen LogP contribution in [0.25, 0.3) is 21.3 Å².